The van der Waals surface area contributed by atoms with E-state index in [1.807, 2.05) is 13.0 Å². The van der Waals surface area contributed by atoms with Gasteiger partial charge >= 0.3 is 0 Å². The Kier molecular flexibility index (Phi) is 4.08. The summed E-state index contributed by atoms with van der Waals surface area (Å²) in [5.74, 6) is 0.456. The van der Waals surface area contributed by atoms with Gasteiger partial charge in [0.25, 0.3) is 5.56 Å². The van der Waals surface area contributed by atoms with Crippen LogP contribution in [0, 0.1) is 0 Å². The Morgan fingerprint density at radius 3 is 2.92 bits per heavy atom. The van der Waals surface area contributed by atoms with Crippen LogP contribution in [-0.4, -0.2) is 41.9 Å². The van der Waals surface area contributed by atoms with Crippen molar-refractivity contribution in [3.05, 3.63) is 64.9 Å². The van der Waals surface area contributed by atoms with Gasteiger partial charge < -0.3 is 14.5 Å². The lowest BCUT2D eigenvalue weighted by molar-refractivity contribution is -0.135. The van der Waals surface area contributed by atoms with Crippen molar-refractivity contribution in [1.29, 1.82) is 0 Å². The van der Waals surface area contributed by atoms with Crippen LogP contribution in [0.3, 0.4) is 0 Å². The van der Waals surface area contributed by atoms with E-state index in [1.54, 1.807) is 46.6 Å². The molecule has 4 rings (SSSR count). The van der Waals surface area contributed by atoms with Crippen molar-refractivity contribution in [3.63, 3.8) is 0 Å². The molecule has 0 unspecified atom stereocenters. The molecule has 0 aromatic carbocycles. The van der Waals surface area contributed by atoms with Crippen LogP contribution in [0.15, 0.2) is 48.0 Å². The average molecular weight is 350 g/mol. The second-order valence-electron chi connectivity index (χ2n) is 6.28. The van der Waals surface area contributed by atoms with E-state index in [9.17, 15) is 9.59 Å². The zero-order valence-electron chi connectivity index (χ0n) is 14.3. The standard InChI is InChI=1S/C18H18N6O2/c1-12(24-8-6-20-11-24)18(26)23-7-4-14-15(10-23)21-16(22-17(14)25)13-3-2-5-19-9-13/h2-3,5-6,8-9,11-12H,4,7,10H2,1H3,(H,21,22,25)/t12-/m0/s1. The fourth-order valence-electron chi connectivity index (χ4n) is 3.16. The molecule has 1 aliphatic rings. The molecule has 1 aliphatic heterocycles. The summed E-state index contributed by atoms with van der Waals surface area (Å²) in [5.41, 5.74) is 1.88. The molecule has 0 fully saturated rings. The number of hydrogen-bond donors (Lipinski definition) is 1. The van der Waals surface area contributed by atoms with Gasteiger partial charge in [0, 0.05) is 42.5 Å². The normalized spacial score (nSPS) is 14.7. The number of H-pyrrole nitrogens is 1. The summed E-state index contributed by atoms with van der Waals surface area (Å²) in [5, 5.41) is 0. The molecule has 0 aliphatic carbocycles. The zero-order chi connectivity index (χ0) is 18.1. The fourth-order valence-corrected chi connectivity index (χ4v) is 3.16. The number of aromatic nitrogens is 5. The van der Waals surface area contributed by atoms with Gasteiger partial charge in [-0.3, -0.25) is 14.6 Å². The summed E-state index contributed by atoms with van der Waals surface area (Å²) in [6.45, 7) is 2.66. The van der Waals surface area contributed by atoms with Crippen LogP contribution < -0.4 is 5.56 Å². The third kappa shape index (κ3) is 2.90. The predicted octanol–water partition coefficient (Wildman–Crippen LogP) is 1.17. The molecule has 1 N–H and O–H groups in total. The Morgan fingerprint density at radius 1 is 1.31 bits per heavy atom. The van der Waals surface area contributed by atoms with Crippen molar-refractivity contribution < 1.29 is 4.79 Å². The molecule has 8 heteroatoms. The Bertz CT molecular complexity index is 981. The Hall–Kier alpha value is -3.29. The van der Waals surface area contributed by atoms with Crippen molar-refractivity contribution in [2.45, 2.75) is 25.9 Å². The number of pyridine rings is 1. The SMILES string of the molecule is C[C@@H](C(=O)N1CCc2c(nc(-c3cccnc3)[nH]c2=O)C1)n1ccnc1. The first-order valence-electron chi connectivity index (χ1n) is 8.42. The minimum atomic E-state index is -0.348. The molecule has 0 bridgehead atoms. The van der Waals surface area contributed by atoms with Crippen LogP contribution in [0.2, 0.25) is 0 Å². The highest BCUT2D eigenvalue weighted by Gasteiger charge is 2.28. The van der Waals surface area contributed by atoms with E-state index in [0.717, 1.165) is 5.56 Å². The number of amides is 1. The Labute approximate surface area is 149 Å². The summed E-state index contributed by atoms with van der Waals surface area (Å²) in [6, 6.07) is 3.28. The van der Waals surface area contributed by atoms with E-state index in [-0.39, 0.29) is 17.5 Å². The third-order valence-corrected chi connectivity index (χ3v) is 4.65. The second kappa shape index (κ2) is 6.55. The van der Waals surface area contributed by atoms with Crippen molar-refractivity contribution >= 4 is 5.91 Å². The topological polar surface area (TPSA) is 96.8 Å². The molecule has 1 atom stereocenters. The number of hydrogen-bond acceptors (Lipinski definition) is 5. The van der Waals surface area contributed by atoms with Crippen molar-refractivity contribution in [2.24, 2.45) is 0 Å². The molecule has 0 saturated heterocycles. The molecule has 0 radical (unpaired) electrons. The molecular formula is C18H18N6O2. The van der Waals surface area contributed by atoms with Crippen LogP contribution in [0.1, 0.15) is 24.2 Å². The van der Waals surface area contributed by atoms with Gasteiger partial charge in [-0.15, -0.1) is 0 Å². The smallest absolute Gasteiger partial charge is 0.254 e. The van der Waals surface area contributed by atoms with Gasteiger partial charge in [-0.05, 0) is 25.5 Å². The van der Waals surface area contributed by atoms with Gasteiger partial charge in [0.1, 0.15) is 11.9 Å². The summed E-state index contributed by atoms with van der Waals surface area (Å²) in [4.78, 5) is 42.4. The lowest BCUT2D eigenvalue weighted by Gasteiger charge is -2.30. The van der Waals surface area contributed by atoms with Gasteiger partial charge in [0.05, 0.1) is 18.6 Å². The van der Waals surface area contributed by atoms with Crippen molar-refractivity contribution in [1.82, 2.24) is 29.4 Å². The van der Waals surface area contributed by atoms with E-state index in [1.165, 1.54) is 0 Å². The van der Waals surface area contributed by atoms with Crippen LogP contribution >= 0.6 is 0 Å². The highest BCUT2D eigenvalue weighted by atomic mass is 16.2. The maximum absolute atomic E-state index is 12.8. The second-order valence-corrected chi connectivity index (χ2v) is 6.28. The third-order valence-electron chi connectivity index (χ3n) is 4.65. The average Bonchev–Trinajstić information content (AvgIpc) is 3.22. The van der Waals surface area contributed by atoms with E-state index >= 15 is 0 Å². The molecule has 8 nitrogen and oxygen atoms in total. The number of carbonyl (C=O) groups excluding carboxylic acids is 1. The molecule has 132 valence electrons. The molecule has 26 heavy (non-hydrogen) atoms. The molecule has 0 saturated carbocycles. The van der Waals surface area contributed by atoms with E-state index in [2.05, 4.69) is 19.9 Å². The Balaban J connectivity index is 1.63. The summed E-state index contributed by atoms with van der Waals surface area (Å²) < 4.78 is 1.77. The van der Waals surface area contributed by atoms with Crippen LogP contribution in [0.5, 0.6) is 0 Å². The maximum atomic E-state index is 12.8. The molecule has 3 aromatic rings. The largest absolute Gasteiger partial charge is 0.335 e. The molecule has 1 amide bonds. The summed E-state index contributed by atoms with van der Waals surface area (Å²) in [6.07, 6.45) is 8.85. The van der Waals surface area contributed by atoms with Gasteiger partial charge in [-0.25, -0.2) is 9.97 Å². The van der Waals surface area contributed by atoms with Crippen molar-refractivity contribution in [3.8, 4) is 11.4 Å². The van der Waals surface area contributed by atoms with Gasteiger partial charge in [-0.1, -0.05) is 0 Å². The summed E-state index contributed by atoms with van der Waals surface area (Å²) >= 11 is 0. The lowest BCUT2D eigenvalue weighted by Crippen LogP contribution is -2.42. The van der Waals surface area contributed by atoms with E-state index in [0.29, 0.717) is 36.6 Å². The number of nitrogens with one attached hydrogen (secondary N) is 1. The predicted molar refractivity (Wildman–Crippen MR) is 94.1 cm³/mol. The fraction of sp³-hybridized carbons (Fsp3) is 0.278. The van der Waals surface area contributed by atoms with E-state index < -0.39 is 0 Å². The van der Waals surface area contributed by atoms with Gasteiger partial charge in [0.2, 0.25) is 5.91 Å². The Morgan fingerprint density at radius 2 is 2.19 bits per heavy atom. The molecule has 4 heterocycles. The van der Waals surface area contributed by atoms with Gasteiger partial charge in [-0.2, -0.15) is 0 Å². The quantitative estimate of drug-likeness (QED) is 0.765. The molecule has 3 aromatic heterocycles. The maximum Gasteiger partial charge on any atom is 0.254 e. The number of carbonyl (C=O) groups is 1. The first-order chi connectivity index (χ1) is 12.6. The van der Waals surface area contributed by atoms with Crippen LogP contribution in [0.4, 0.5) is 0 Å². The lowest BCUT2D eigenvalue weighted by atomic mass is 10.1. The minimum Gasteiger partial charge on any atom is -0.335 e. The van der Waals surface area contributed by atoms with Crippen LogP contribution in [-0.2, 0) is 17.8 Å². The number of fused-ring (bicyclic) bond motifs is 1. The first kappa shape index (κ1) is 16.2. The number of imidazole rings is 1. The number of rotatable bonds is 3. The number of aromatic amines is 1. The van der Waals surface area contributed by atoms with E-state index in [4.69, 9.17) is 0 Å². The summed E-state index contributed by atoms with van der Waals surface area (Å²) in [7, 11) is 0. The minimum absolute atomic E-state index is 0.0151. The highest BCUT2D eigenvalue weighted by molar-refractivity contribution is 5.80. The molecular weight excluding hydrogens is 332 g/mol. The van der Waals surface area contributed by atoms with Crippen LogP contribution in [0.25, 0.3) is 11.4 Å². The van der Waals surface area contributed by atoms with Gasteiger partial charge in [0.15, 0.2) is 0 Å². The monoisotopic (exact) mass is 350 g/mol. The zero-order valence-corrected chi connectivity index (χ0v) is 14.3. The highest BCUT2D eigenvalue weighted by Crippen LogP contribution is 2.20. The van der Waals surface area contributed by atoms with Crippen molar-refractivity contribution in [2.75, 3.05) is 6.54 Å². The molecule has 0 spiro atoms. The number of nitrogens with zero attached hydrogens (tertiary/aromatic N) is 5. The first-order valence-corrected chi connectivity index (χ1v) is 8.42.